The molecule has 0 saturated carbocycles. The number of methoxy groups -OCH3 is 1. The molecule has 30 heavy (non-hydrogen) atoms. The lowest BCUT2D eigenvalue weighted by Gasteiger charge is -2.23. The molecular formula is C23H30ClNO5. The average Bonchev–Trinajstić information content (AvgIpc) is 2.75. The first-order valence-corrected chi connectivity index (χ1v) is 10.1. The summed E-state index contributed by atoms with van der Waals surface area (Å²) < 4.78 is 15.5. The van der Waals surface area contributed by atoms with Crippen LogP contribution < -0.4 is 10.1 Å². The molecular weight excluding hydrogens is 406 g/mol. The van der Waals surface area contributed by atoms with E-state index >= 15 is 0 Å². The molecule has 0 aromatic heterocycles. The van der Waals surface area contributed by atoms with E-state index in [1.54, 1.807) is 20.1 Å². The largest absolute Gasteiger partial charge is 0.495 e. The van der Waals surface area contributed by atoms with Crippen LogP contribution in [0.3, 0.4) is 0 Å². The van der Waals surface area contributed by atoms with Crippen LogP contribution in [0, 0.1) is 0 Å². The first kappa shape index (κ1) is 25.5. The van der Waals surface area contributed by atoms with E-state index in [4.69, 9.17) is 21.1 Å². The molecule has 0 saturated heterocycles. The fourth-order valence-electron chi connectivity index (χ4n) is 2.85. The number of carbonyl (C=O) groups excluding carboxylic acids is 2. The third kappa shape index (κ3) is 7.35. The number of aryl methyl sites for hydroxylation is 1. The molecule has 0 aliphatic rings. The Morgan fingerprint density at radius 3 is 2.43 bits per heavy atom. The predicted molar refractivity (Wildman–Crippen MR) is 120 cm³/mol. The van der Waals surface area contributed by atoms with Crippen LogP contribution in [0.5, 0.6) is 5.75 Å². The van der Waals surface area contributed by atoms with E-state index in [0.29, 0.717) is 17.4 Å². The number of ether oxygens (including phenoxy) is 3. The van der Waals surface area contributed by atoms with Crippen molar-refractivity contribution < 1.29 is 23.8 Å². The van der Waals surface area contributed by atoms with Crippen molar-refractivity contribution in [2.45, 2.75) is 33.3 Å². The first-order chi connectivity index (χ1) is 14.4. The fraction of sp³-hybridized carbons (Fsp3) is 0.391. The third-order valence-corrected chi connectivity index (χ3v) is 4.65. The smallest absolute Gasteiger partial charge is 0.302 e. The minimum Gasteiger partial charge on any atom is -0.495 e. The summed E-state index contributed by atoms with van der Waals surface area (Å²) in [5.41, 5.74) is 3.82. The molecule has 0 aliphatic heterocycles. The highest BCUT2D eigenvalue weighted by Crippen LogP contribution is 2.39. The molecule has 1 N–H and O–H groups in total. The second-order valence-electron chi connectivity index (χ2n) is 6.19. The van der Waals surface area contributed by atoms with Crippen LogP contribution in [-0.2, 0) is 25.5 Å². The van der Waals surface area contributed by atoms with Crippen LogP contribution in [0.2, 0.25) is 5.02 Å². The van der Waals surface area contributed by atoms with Crippen molar-refractivity contribution in [1.82, 2.24) is 0 Å². The molecule has 164 valence electrons. The zero-order valence-electron chi connectivity index (χ0n) is 18.2. The summed E-state index contributed by atoms with van der Waals surface area (Å²) in [6.45, 7) is 5.73. The normalized spacial score (nSPS) is 11.0. The first-order valence-electron chi connectivity index (χ1n) is 9.74. The van der Waals surface area contributed by atoms with Crippen LogP contribution in [0.1, 0.15) is 43.6 Å². The molecule has 0 heterocycles. The van der Waals surface area contributed by atoms with Crippen molar-refractivity contribution in [3.05, 3.63) is 58.1 Å². The summed E-state index contributed by atoms with van der Waals surface area (Å²) in [7, 11) is 3.43. The van der Waals surface area contributed by atoms with Gasteiger partial charge in [-0.05, 0) is 31.0 Å². The number of aldehydes is 1. The molecule has 6 nitrogen and oxygen atoms in total. The molecule has 1 unspecified atom stereocenters. The number of hydrogen-bond acceptors (Lipinski definition) is 6. The molecule has 0 amide bonds. The topological polar surface area (TPSA) is 73.9 Å². The van der Waals surface area contributed by atoms with Crippen LogP contribution >= 0.6 is 11.6 Å². The van der Waals surface area contributed by atoms with E-state index in [0.717, 1.165) is 29.5 Å². The van der Waals surface area contributed by atoms with Gasteiger partial charge in [-0.1, -0.05) is 42.8 Å². The van der Waals surface area contributed by atoms with E-state index in [9.17, 15) is 9.59 Å². The highest BCUT2D eigenvalue weighted by molar-refractivity contribution is 6.32. The Morgan fingerprint density at radius 1 is 1.20 bits per heavy atom. The summed E-state index contributed by atoms with van der Waals surface area (Å²) >= 11 is 6.49. The zero-order chi connectivity index (χ0) is 22.5. The molecule has 2 rings (SSSR count). The molecule has 2 aromatic rings. The molecule has 0 spiro atoms. The second-order valence-corrected chi connectivity index (χ2v) is 6.57. The van der Waals surface area contributed by atoms with E-state index in [1.807, 2.05) is 25.2 Å². The SMILES string of the molecule is CCOC(C)=O.CCc1ccc(NC)c(C(OCC=O)c2cccc(OC)c2Cl)c1. The Kier molecular flexibility index (Phi) is 11.6. The number of anilines is 1. The Hall–Kier alpha value is -2.57. The lowest BCUT2D eigenvalue weighted by atomic mass is 9.96. The van der Waals surface area contributed by atoms with Crippen LogP contribution in [0.25, 0.3) is 0 Å². The fourth-order valence-corrected chi connectivity index (χ4v) is 3.15. The van der Waals surface area contributed by atoms with Gasteiger partial charge < -0.3 is 24.3 Å². The van der Waals surface area contributed by atoms with Crippen LogP contribution in [0.15, 0.2) is 36.4 Å². The van der Waals surface area contributed by atoms with Gasteiger partial charge in [0.2, 0.25) is 0 Å². The Bertz CT molecular complexity index is 825. The van der Waals surface area contributed by atoms with Gasteiger partial charge in [-0.15, -0.1) is 0 Å². The highest BCUT2D eigenvalue weighted by Gasteiger charge is 2.22. The van der Waals surface area contributed by atoms with Crippen molar-refractivity contribution in [2.75, 3.05) is 32.7 Å². The maximum absolute atomic E-state index is 10.9. The maximum atomic E-state index is 10.9. The molecule has 0 radical (unpaired) electrons. The lowest BCUT2D eigenvalue weighted by molar-refractivity contribution is -0.140. The third-order valence-electron chi connectivity index (χ3n) is 4.25. The Balaban J connectivity index is 0.000000656. The molecule has 0 fully saturated rings. The maximum Gasteiger partial charge on any atom is 0.302 e. The van der Waals surface area contributed by atoms with Gasteiger partial charge in [-0.2, -0.15) is 0 Å². The quantitative estimate of drug-likeness (QED) is 0.449. The van der Waals surface area contributed by atoms with E-state index in [1.165, 1.54) is 12.5 Å². The van der Waals surface area contributed by atoms with Gasteiger partial charge in [0.15, 0.2) is 0 Å². The number of benzene rings is 2. The lowest BCUT2D eigenvalue weighted by Crippen LogP contribution is -2.12. The number of halogens is 1. The number of esters is 1. The minimum absolute atomic E-state index is 0.0162. The second kappa shape index (κ2) is 13.6. The van der Waals surface area contributed by atoms with E-state index in [2.05, 4.69) is 29.1 Å². The van der Waals surface area contributed by atoms with E-state index in [-0.39, 0.29) is 12.6 Å². The summed E-state index contributed by atoms with van der Waals surface area (Å²) in [6, 6.07) is 11.7. The molecule has 0 aliphatic carbocycles. The van der Waals surface area contributed by atoms with Gasteiger partial charge in [0.05, 0.1) is 18.7 Å². The van der Waals surface area contributed by atoms with E-state index < -0.39 is 6.10 Å². The molecule has 2 aromatic carbocycles. The van der Waals surface area contributed by atoms with Gasteiger partial charge in [0.1, 0.15) is 24.7 Å². The van der Waals surface area contributed by atoms with Crippen LogP contribution in [-0.4, -0.2) is 39.6 Å². The monoisotopic (exact) mass is 435 g/mol. The average molecular weight is 436 g/mol. The zero-order valence-corrected chi connectivity index (χ0v) is 18.9. The van der Waals surface area contributed by atoms with Crippen LogP contribution in [0.4, 0.5) is 5.69 Å². The number of hydrogen-bond donors (Lipinski definition) is 1. The number of rotatable bonds is 9. The van der Waals surface area contributed by atoms with Gasteiger partial charge in [-0.3, -0.25) is 4.79 Å². The number of nitrogens with one attached hydrogen (secondary N) is 1. The van der Waals surface area contributed by atoms with Gasteiger partial charge in [0.25, 0.3) is 0 Å². The Labute approximate surface area is 183 Å². The van der Waals surface area contributed by atoms with Gasteiger partial charge >= 0.3 is 5.97 Å². The number of carbonyl (C=O) groups is 2. The summed E-state index contributed by atoms with van der Waals surface area (Å²) in [6.07, 6.45) is 1.18. The van der Waals surface area contributed by atoms with Crippen molar-refractivity contribution in [3.8, 4) is 5.75 Å². The standard InChI is InChI=1S/C19H22ClNO3.C4H8O2/c1-4-13-8-9-16(21-2)15(12-13)19(24-11-10-22)14-6-5-7-17(23-3)18(14)20;1-3-6-4(2)5/h5-10,12,19,21H,4,11H2,1-3H3;3H2,1-2H3. The minimum atomic E-state index is -0.466. The van der Waals surface area contributed by atoms with Crippen molar-refractivity contribution in [2.24, 2.45) is 0 Å². The summed E-state index contributed by atoms with van der Waals surface area (Å²) in [5.74, 6) is 0.365. The molecule has 7 heteroatoms. The summed E-state index contributed by atoms with van der Waals surface area (Å²) in [5, 5.41) is 3.66. The van der Waals surface area contributed by atoms with Gasteiger partial charge in [0, 0.05) is 30.8 Å². The van der Waals surface area contributed by atoms with Gasteiger partial charge in [-0.25, -0.2) is 0 Å². The summed E-state index contributed by atoms with van der Waals surface area (Å²) in [4.78, 5) is 20.7. The highest BCUT2D eigenvalue weighted by atomic mass is 35.5. The van der Waals surface area contributed by atoms with Crippen molar-refractivity contribution in [1.29, 1.82) is 0 Å². The Morgan fingerprint density at radius 2 is 1.93 bits per heavy atom. The predicted octanol–water partition coefficient (Wildman–Crippen LogP) is 4.83. The van der Waals surface area contributed by atoms with Crippen molar-refractivity contribution >= 4 is 29.5 Å². The molecule has 1 atom stereocenters. The van der Waals surface area contributed by atoms with Crippen molar-refractivity contribution in [3.63, 3.8) is 0 Å². The molecule has 0 bridgehead atoms.